The first-order valence-electron chi connectivity index (χ1n) is 10.5. The number of sulfonamides is 1. The number of carbonyl (C=O) groups is 1. The predicted octanol–water partition coefficient (Wildman–Crippen LogP) is 4.80. The topological polar surface area (TPSA) is 75.7 Å². The van der Waals surface area contributed by atoms with E-state index in [1.165, 1.54) is 11.4 Å². The molecule has 6 nitrogen and oxygen atoms in total. The normalized spacial score (nSPS) is 11.4. The van der Waals surface area contributed by atoms with Gasteiger partial charge in [0.1, 0.15) is 5.75 Å². The van der Waals surface area contributed by atoms with E-state index in [1.54, 1.807) is 54.6 Å². The molecule has 0 saturated heterocycles. The van der Waals surface area contributed by atoms with Crippen molar-refractivity contribution in [2.24, 2.45) is 0 Å². The Kier molecular flexibility index (Phi) is 8.13. The van der Waals surface area contributed by atoms with E-state index < -0.39 is 10.0 Å². The number of nitrogens with one attached hydrogen (secondary N) is 1. The molecule has 0 aliphatic heterocycles. The molecular weight excluding hydrogens is 460 g/mol. The maximum Gasteiger partial charge on any atom is 0.251 e. The van der Waals surface area contributed by atoms with Crippen molar-refractivity contribution in [3.8, 4) is 5.75 Å². The SMILES string of the molecule is CCOc1ccc(C(=O)NCc2ccc(Cl)cc2)cc1CN(C)S(=O)(=O)c1ccc(C)cc1. The molecule has 0 atom stereocenters. The Balaban J connectivity index is 1.79. The van der Waals surface area contributed by atoms with Gasteiger partial charge in [-0.15, -0.1) is 0 Å². The van der Waals surface area contributed by atoms with Gasteiger partial charge in [0, 0.05) is 36.3 Å². The quantitative estimate of drug-likeness (QED) is 0.471. The van der Waals surface area contributed by atoms with Crippen LogP contribution in [-0.2, 0) is 23.1 Å². The van der Waals surface area contributed by atoms with Crippen LogP contribution in [0.2, 0.25) is 5.02 Å². The number of aryl methyl sites for hydroxylation is 1. The molecule has 1 amide bonds. The Morgan fingerprint density at radius 3 is 2.33 bits per heavy atom. The van der Waals surface area contributed by atoms with Crippen LogP contribution in [0, 0.1) is 6.92 Å². The molecule has 0 aromatic heterocycles. The molecule has 0 radical (unpaired) electrons. The predicted molar refractivity (Wildman–Crippen MR) is 130 cm³/mol. The van der Waals surface area contributed by atoms with Crippen molar-refractivity contribution in [1.29, 1.82) is 0 Å². The lowest BCUT2D eigenvalue weighted by molar-refractivity contribution is 0.0950. The molecule has 8 heteroatoms. The molecule has 0 aliphatic carbocycles. The first kappa shape index (κ1) is 24.8. The Bertz CT molecular complexity index is 1210. The maximum atomic E-state index is 13.0. The zero-order valence-electron chi connectivity index (χ0n) is 18.8. The van der Waals surface area contributed by atoms with Crippen LogP contribution in [0.1, 0.15) is 34.0 Å². The average Bonchev–Trinajstić information content (AvgIpc) is 2.80. The number of benzene rings is 3. The Labute approximate surface area is 200 Å². The summed E-state index contributed by atoms with van der Waals surface area (Å²) in [7, 11) is -2.19. The van der Waals surface area contributed by atoms with Gasteiger partial charge >= 0.3 is 0 Å². The second-order valence-electron chi connectivity index (χ2n) is 7.64. The summed E-state index contributed by atoms with van der Waals surface area (Å²) in [5.74, 6) is 0.274. The standard InChI is InChI=1S/C25H27ClN2O4S/c1-4-32-24-14-9-20(25(29)27-16-19-7-10-22(26)11-8-19)15-21(24)17-28(3)33(30,31)23-12-5-18(2)6-13-23/h5-15H,4,16-17H2,1-3H3,(H,27,29). The van der Waals surface area contributed by atoms with Crippen LogP contribution in [0.5, 0.6) is 5.75 Å². The van der Waals surface area contributed by atoms with Crippen molar-refractivity contribution in [2.45, 2.75) is 31.8 Å². The van der Waals surface area contributed by atoms with Gasteiger partial charge in [-0.25, -0.2) is 8.42 Å². The van der Waals surface area contributed by atoms with Gasteiger partial charge in [0.25, 0.3) is 5.91 Å². The van der Waals surface area contributed by atoms with Gasteiger partial charge in [-0.2, -0.15) is 4.31 Å². The molecule has 0 saturated carbocycles. The van der Waals surface area contributed by atoms with Crippen LogP contribution in [0.4, 0.5) is 0 Å². The monoisotopic (exact) mass is 486 g/mol. The fraction of sp³-hybridized carbons (Fsp3) is 0.240. The minimum atomic E-state index is -3.70. The van der Waals surface area contributed by atoms with Gasteiger partial charge in [-0.1, -0.05) is 41.4 Å². The summed E-state index contributed by atoms with van der Waals surface area (Å²) in [4.78, 5) is 12.9. The Morgan fingerprint density at radius 1 is 1.03 bits per heavy atom. The highest BCUT2D eigenvalue weighted by Crippen LogP contribution is 2.25. The summed E-state index contributed by atoms with van der Waals surface area (Å²) in [5.41, 5.74) is 2.92. The fourth-order valence-corrected chi connectivity index (χ4v) is 4.52. The number of amides is 1. The number of hydrogen-bond acceptors (Lipinski definition) is 4. The van der Waals surface area contributed by atoms with Crippen LogP contribution < -0.4 is 10.1 Å². The summed E-state index contributed by atoms with van der Waals surface area (Å²) in [6.07, 6.45) is 0. The zero-order valence-corrected chi connectivity index (χ0v) is 20.4. The van der Waals surface area contributed by atoms with E-state index >= 15 is 0 Å². The van der Waals surface area contributed by atoms with Crippen molar-refractivity contribution in [3.05, 3.63) is 94.0 Å². The summed E-state index contributed by atoms with van der Waals surface area (Å²) in [5, 5.41) is 3.50. The minimum Gasteiger partial charge on any atom is -0.494 e. The Hall–Kier alpha value is -2.87. The van der Waals surface area contributed by atoms with Crippen LogP contribution in [-0.4, -0.2) is 32.3 Å². The summed E-state index contributed by atoms with van der Waals surface area (Å²) in [6, 6.07) is 19.0. The van der Waals surface area contributed by atoms with E-state index in [0.717, 1.165) is 11.1 Å². The number of rotatable bonds is 9. The second-order valence-corrected chi connectivity index (χ2v) is 10.1. The molecule has 3 rings (SSSR count). The smallest absolute Gasteiger partial charge is 0.251 e. The number of carbonyl (C=O) groups excluding carboxylic acids is 1. The first-order chi connectivity index (χ1) is 15.7. The van der Waals surface area contributed by atoms with Crippen molar-refractivity contribution >= 4 is 27.5 Å². The van der Waals surface area contributed by atoms with Gasteiger partial charge in [0.15, 0.2) is 0 Å². The number of halogens is 1. The van der Waals surface area contributed by atoms with Crippen LogP contribution >= 0.6 is 11.6 Å². The molecule has 0 spiro atoms. The summed E-state index contributed by atoms with van der Waals surface area (Å²) >= 11 is 5.90. The fourth-order valence-electron chi connectivity index (χ4n) is 3.24. The number of nitrogens with zero attached hydrogens (tertiary/aromatic N) is 1. The largest absolute Gasteiger partial charge is 0.494 e. The van der Waals surface area contributed by atoms with Gasteiger partial charge < -0.3 is 10.1 Å². The third kappa shape index (κ3) is 6.35. The van der Waals surface area contributed by atoms with Crippen molar-refractivity contribution < 1.29 is 17.9 Å². The van der Waals surface area contributed by atoms with Gasteiger partial charge in [0.05, 0.1) is 11.5 Å². The Morgan fingerprint density at radius 2 is 1.70 bits per heavy atom. The highest BCUT2D eigenvalue weighted by molar-refractivity contribution is 7.89. The van der Waals surface area contributed by atoms with Gasteiger partial charge in [-0.05, 0) is 61.9 Å². The molecule has 0 unspecified atom stereocenters. The van der Waals surface area contributed by atoms with E-state index in [2.05, 4.69) is 5.32 Å². The number of ether oxygens (including phenoxy) is 1. The summed E-state index contributed by atoms with van der Waals surface area (Å²) in [6.45, 7) is 4.58. The highest BCUT2D eigenvalue weighted by Gasteiger charge is 2.22. The first-order valence-corrected chi connectivity index (χ1v) is 12.3. The third-order valence-electron chi connectivity index (χ3n) is 5.11. The van der Waals surface area contributed by atoms with Crippen molar-refractivity contribution in [1.82, 2.24) is 9.62 Å². The molecule has 1 N–H and O–H groups in total. The molecule has 0 aliphatic rings. The van der Waals surface area contributed by atoms with Crippen molar-refractivity contribution in [3.63, 3.8) is 0 Å². The molecule has 33 heavy (non-hydrogen) atoms. The number of hydrogen-bond donors (Lipinski definition) is 1. The van der Waals surface area contributed by atoms with Crippen LogP contribution in [0.3, 0.4) is 0 Å². The average molecular weight is 487 g/mol. The molecule has 0 bridgehead atoms. The lowest BCUT2D eigenvalue weighted by atomic mass is 10.1. The molecule has 174 valence electrons. The highest BCUT2D eigenvalue weighted by atomic mass is 35.5. The van der Waals surface area contributed by atoms with Crippen molar-refractivity contribution in [2.75, 3.05) is 13.7 Å². The van der Waals surface area contributed by atoms with E-state index in [9.17, 15) is 13.2 Å². The van der Waals surface area contributed by atoms with Crippen LogP contribution in [0.15, 0.2) is 71.6 Å². The van der Waals surface area contributed by atoms with Gasteiger partial charge in [0.2, 0.25) is 10.0 Å². The molecule has 3 aromatic rings. The zero-order chi connectivity index (χ0) is 24.0. The lowest BCUT2D eigenvalue weighted by Gasteiger charge is -2.20. The van der Waals surface area contributed by atoms with Gasteiger partial charge in [-0.3, -0.25) is 4.79 Å². The minimum absolute atomic E-state index is 0.0594. The van der Waals surface area contributed by atoms with E-state index in [-0.39, 0.29) is 17.3 Å². The van der Waals surface area contributed by atoms with Crippen LogP contribution in [0.25, 0.3) is 0 Å². The lowest BCUT2D eigenvalue weighted by Crippen LogP contribution is -2.27. The molecule has 3 aromatic carbocycles. The maximum absolute atomic E-state index is 13.0. The molecule has 0 heterocycles. The van der Waals surface area contributed by atoms with E-state index in [4.69, 9.17) is 16.3 Å². The third-order valence-corrected chi connectivity index (χ3v) is 7.18. The second kappa shape index (κ2) is 10.8. The van der Waals surface area contributed by atoms with E-state index in [0.29, 0.717) is 35.1 Å². The summed E-state index contributed by atoms with van der Waals surface area (Å²) < 4.78 is 33.0. The molecule has 0 fully saturated rings. The van der Waals surface area contributed by atoms with E-state index in [1.807, 2.05) is 26.0 Å². The molecular formula is C25H27ClN2O4S.